The summed E-state index contributed by atoms with van der Waals surface area (Å²) in [5, 5.41) is 4.58. The van der Waals surface area contributed by atoms with Gasteiger partial charge in [0.1, 0.15) is 11.5 Å². The lowest BCUT2D eigenvalue weighted by Gasteiger charge is -2.32. The molecule has 1 aliphatic heterocycles. The van der Waals surface area contributed by atoms with Gasteiger partial charge in [-0.15, -0.1) is 0 Å². The van der Waals surface area contributed by atoms with Gasteiger partial charge in [0.05, 0.1) is 18.8 Å². The maximum atomic E-state index is 14.6. The van der Waals surface area contributed by atoms with Crippen molar-refractivity contribution in [2.24, 2.45) is 0 Å². The molecule has 12 heteroatoms. The van der Waals surface area contributed by atoms with E-state index in [1.165, 1.54) is 0 Å². The van der Waals surface area contributed by atoms with Crippen LogP contribution in [0.3, 0.4) is 0 Å². The number of sulfonamides is 1. The molecular formula is C27H23F4N3O4S. The molecule has 1 atom stereocenters. The highest BCUT2D eigenvalue weighted by molar-refractivity contribution is 7.89. The van der Waals surface area contributed by atoms with Crippen LogP contribution in [0, 0.1) is 23.3 Å². The van der Waals surface area contributed by atoms with Crippen LogP contribution in [0.1, 0.15) is 18.9 Å². The standard InChI is InChI=1S/C27H23F4N3O4S/c1-37-26-24(30)22(28)23(29)25(31)27(26)39(35,36)33-14-5-6-18(16-33)34-15-13-21(32-34)17-9-11-20(12-10-17)38-19-7-3-2-4-8-19/h2-4,7-13,15,18H,5-6,14,16H2,1H3/t18-/m1/s1. The van der Waals surface area contributed by atoms with Crippen molar-refractivity contribution >= 4 is 10.0 Å². The third kappa shape index (κ3) is 5.09. The summed E-state index contributed by atoms with van der Waals surface area (Å²) in [6.45, 7) is -0.171. The molecule has 0 amide bonds. The normalized spacial score (nSPS) is 16.3. The topological polar surface area (TPSA) is 73.7 Å². The predicted molar refractivity (Wildman–Crippen MR) is 134 cm³/mol. The van der Waals surface area contributed by atoms with Crippen molar-refractivity contribution < 1.29 is 35.5 Å². The molecule has 7 nitrogen and oxygen atoms in total. The lowest BCUT2D eigenvalue weighted by Crippen LogP contribution is -2.41. The fraction of sp³-hybridized carbons (Fsp3) is 0.222. The Morgan fingerprint density at radius 2 is 1.54 bits per heavy atom. The number of hydrogen-bond donors (Lipinski definition) is 0. The van der Waals surface area contributed by atoms with Gasteiger partial charge in [-0.1, -0.05) is 18.2 Å². The van der Waals surface area contributed by atoms with Crippen LogP contribution in [-0.2, 0) is 10.0 Å². The molecule has 204 valence electrons. The summed E-state index contributed by atoms with van der Waals surface area (Å²) in [7, 11) is -3.94. The van der Waals surface area contributed by atoms with Crippen LogP contribution < -0.4 is 9.47 Å². The first kappa shape index (κ1) is 26.7. The van der Waals surface area contributed by atoms with Crippen LogP contribution in [0.15, 0.2) is 71.8 Å². The van der Waals surface area contributed by atoms with Crippen molar-refractivity contribution in [3.05, 3.63) is 90.1 Å². The van der Waals surface area contributed by atoms with Crippen LogP contribution >= 0.6 is 0 Å². The molecule has 39 heavy (non-hydrogen) atoms. The summed E-state index contributed by atoms with van der Waals surface area (Å²) >= 11 is 0. The van der Waals surface area contributed by atoms with Crippen LogP contribution in [0.25, 0.3) is 11.3 Å². The van der Waals surface area contributed by atoms with Gasteiger partial charge in [-0.25, -0.2) is 21.6 Å². The van der Waals surface area contributed by atoms with Gasteiger partial charge in [-0.2, -0.15) is 13.8 Å². The fourth-order valence-corrected chi connectivity index (χ4v) is 6.22. The van der Waals surface area contributed by atoms with E-state index in [9.17, 15) is 26.0 Å². The minimum Gasteiger partial charge on any atom is -0.492 e. The number of halogens is 4. The molecule has 0 saturated carbocycles. The van der Waals surface area contributed by atoms with Gasteiger partial charge >= 0.3 is 0 Å². The molecule has 1 aromatic heterocycles. The molecule has 0 unspecified atom stereocenters. The fourth-order valence-electron chi connectivity index (χ4n) is 4.50. The number of methoxy groups -OCH3 is 1. The Balaban J connectivity index is 1.36. The Morgan fingerprint density at radius 3 is 2.23 bits per heavy atom. The predicted octanol–water partition coefficient (Wildman–Crippen LogP) is 5.93. The highest BCUT2D eigenvalue weighted by Gasteiger charge is 2.39. The largest absolute Gasteiger partial charge is 0.492 e. The minimum absolute atomic E-state index is 0.0287. The Kier molecular flexibility index (Phi) is 7.32. The van der Waals surface area contributed by atoms with Gasteiger partial charge in [-0.05, 0) is 55.3 Å². The maximum absolute atomic E-state index is 14.6. The zero-order valence-electron chi connectivity index (χ0n) is 20.7. The van der Waals surface area contributed by atoms with E-state index in [1.807, 2.05) is 42.5 Å². The molecule has 0 spiro atoms. The molecular weight excluding hydrogens is 538 g/mol. The summed E-state index contributed by atoms with van der Waals surface area (Å²) in [6.07, 6.45) is 2.63. The van der Waals surface area contributed by atoms with Gasteiger partial charge < -0.3 is 9.47 Å². The zero-order valence-corrected chi connectivity index (χ0v) is 21.5. The quantitative estimate of drug-likeness (QED) is 0.159. The number of nitrogens with zero attached hydrogens (tertiary/aromatic N) is 3. The lowest BCUT2D eigenvalue weighted by molar-refractivity contribution is 0.251. The monoisotopic (exact) mass is 561 g/mol. The van der Waals surface area contributed by atoms with Crippen molar-refractivity contribution in [3.8, 4) is 28.5 Å². The first-order chi connectivity index (χ1) is 18.7. The third-order valence-corrected chi connectivity index (χ3v) is 8.35. The number of piperidine rings is 1. The Morgan fingerprint density at radius 1 is 0.872 bits per heavy atom. The van der Waals surface area contributed by atoms with Gasteiger partial charge in [0, 0.05) is 24.8 Å². The van der Waals surface area contributed by atoms with Crippen LogP contribution in [-0.4, -0.2) is 42.7 Å². The second kappa shape index (κ2) is 10.7. The summed E-state index contributed by atoms with van der Waals surface area (Å²) in [5.74, 6) is -8.19. The zero-order chi connectivity index (χ0) is 27.7. The summed E-state index contributed by atoms with van der Waals surface area (Å²) in [6, 6.07) is 18.0. The smallest absolute Gasteiger partial charge is 0.250 e. The van der Waals surface area contributed by atoms with Crippen molar-refractivity contribution in [3.63, 3.8) is 0 Å². The molecule has 0 radical (unpaired) electrons. The molecule has 0 bridgehead atoms. The second-order valence-electron chi connectivity index (χ2n) is 8.90. The van der Waals surface area contributed by atoms with E-state index in [0.29, 0.717) is 30.0 Å². The average Bonchev–Trinajstić information content (AvgIpc) is 3.45. The number of benzene rings is 3. The molecule has 5 rings (SSSR count). The highest BCUT2D eigenvalue weighted by Crippen LogP contribution is 2.37. The SMILES string of the molecule is COc1c(F)c(F)c(F)c(F)c1S(=O)(=O)N1CCC[C@@H](n2ccc(-c3ccc(Oc4ccccc4)cc3)n2)C1. The number of hydrogen-bond acceptors (Lipinski definition) is 5. The van der Waals surface area contributed by atoms with Crippen LogP contribution in [0.4, 0.5) is 17.6 Å². The molecule has 3 aromatic carbocycles. The summed E-state index contributed by atoms with van der Waals surface area (Å²) in [4.78, 5) is -1.37. The Hall–Kier alpha value is -3.90. The Labute approximate surface area is 222 Å². The molecule has 4 aromatic rings. The molecule has 2 heterocycles. The van der Waals surface area contributed by atoms with Crippen molar-refractivity contribution in [1.29, 1.82) is 0 Å². The van der Waals surface area contributed by atoms with Gasteiger partial charge in [-0.3, -0.25) is 4.68 Å². The highest BCUT2D eigenvalue weighted by atomic mass is 32.2. The summed E-state index contributed by atoms with van der Waals surface area (Å²) in [5.41, 5.74) is 1.44. The van der Waals surface area contributed by atoms with Gasteiger partial charge in [0.25, 0.3) is 0 Å². The van der Waals surface area contributed by atoms with Gasteiger partial charge in [0.15, 0.2) is 22.3 Å². The van der Waals surface area contributed by atoms with E-state index in [0.717, 1.165) is 17.0 Å². The number of para-hydroxylation sites is 1. The van der Waals surface area contributed by atoms with E-state index in [4.69, 9.17) is 4.74 Å². The van der Waals surface area contributed by atoms with E-state index < -0.39 is 50.0 Å². The number of ether oxygens (including phenoxy) is 2. The first-order valence-electron chi connectivity index (χ1n) is 12.0. The van der Waals surface area contributed by atoms with Crippen molar-refractivity contribution in [1.82, 2.24) is 14.1 Å². The molecule has 1 saturated heterocycles. The maximum Gasteiger partial charge on any atom is 0.250 e. The first-order valence-corrected chi connectivity index (χ1v) is 13.4. The third-order valence-electron chi connectivity index (χ3n) is 6.46. The van der Waals surface area contributed by atoms with E-state index >= 15 is 0 Å². The molecule has 0 aliphatic carbocycles. The lowest BCUT2D eigenvalue weighted by atomic mass is 10.1. The van der Waals surface area contributed by atoms with Crippen LogP contribution in [0.5, 0.6) is 17.2 Å². The molecule has 1 fully saturated rings. The van der Waals surface area contributed by atoms with Gasteiger partial charge in [0.2, 0.25) is 21.7 Å². The Bertz CT molecular complexity index is 1600. The van der Waals surface area contributed by atoms with E-state index in [2.05, 4.69) is 9.84 Å². The van der Waals surface area contributed by atoms with Crippen molar-refractivity contribution in [2.45, 2.75) is 23.8 Å². The average molecular weight is 562 g/mol. The summed E-state index contributed by atoms with van der Waals surface area (Å²) < 4.78 is 96.0. The van der Waals surface area contributed by atoms with E-state index in [1.54, 1.807) is 29.1 Å². The number of aromatic nitrogens is 2. The van der Waals surface area contributed by atoms with Crippen LogP contribution in [0.2, 0.25) is 0 Å². The molecule has 1 aliphatic rings. The minimum atomic E-state index is -4.78. The number of rotatable bonds is 7. The molecule has 0 N–H and O–H groups in total. The second-order valence-corrected chi connectivity index (χ2v) is 10.8. The van der Waals surface area contributed by atoms with E-state index in [-0.39, 0.29) is 13.1 Å². The van der Waals surface area contributed by atoms with Crippen molar-refractivity contribution in [2.75, 3.05) is 20.2 Å².